The van der Waals surface area contributed by atoms with Gasteiger partial charge in [0.2, 0.25) is 0 Å². The maximum Gasteiger partial charge on any atom is 0.257 e. The summed E-state index contributed by atoms with van der Waals surface area (Å²) >= 11 is 0. The van der Waals surface area contributed by atoms with E-state index in [-0.39, 0.29) is 5.91 Å². The van der Waals surface area contributed by atoms with Gasteiger partial charge in [-0.25, -0.2) is 15.0 Å². The maximum atomic E-state index is 13.3. The number of hydrogen-bond donors (Lipinski definition) is 0. The molecule has 2 aliphatic heterocycles. The molecule has 2 fully saturated rings. The van der Waals surface area contributed by atoms with Crippen LogP contribution in [0.5, 0.6) is 0 Å². The fourth-order valence-electron chi connectivity index (χ4n) is 4.95. The number of pyridine rings is 1. The van der Waals surface area contributed by atoms with Crippen molar-refractivity contribution in [3.63, 3.8) is 0 Å². The van der Waals surface area contributed by atoms with E-state index in [2.05, 4.69) is 33.6 Å². The average Bonchev–Trinajstić information content (AvgIpc) is 3.41. The van der Waals surface area contributed by atoms with E-state index in [9.17, 15) is 4.79 Å². The Labute approximate surface area is 166 Å². The van der Waals surface area contributed by atoms with Gasteiger partial charge in [0.1, 0.15) is 11.6 Å². The van der Waals surface area contributed by atoms with Crippen molar-refractivity contribution < 1.29 is 4.79 Å². The quantitative estimate of drug-likeness (QED) is 0.819. The normalized spacial score (nSPS) is 23.0. The van der Waals surface area contributed by atoms with Gasteiger partial charge in [-0.15, -0.1) is 0 Å². The fraction of sp³-hybridized carbons (Fsp3) is 0.545. The third kappa shape index (κ3) is 3.05. The number of amides is 1. The van der Waals surface area contributed by atoms with Crippen molar-refractivity contribution in [3.8, 4) is 0 Å². The number of likely N-dealkylation sites (tertiary alicyclic amines) is 1. The van der Waals surface area contributed by atoms with E-state index in [1.807, 2.05) is 18.3 Å². The minimum atomic E-state index is 0.137. The molecule has 5 rings (SSSR count). The highest BCUT2D eigenvalue weighted by Gasteiger charge is 2.41. The van der Waals surface area contributed by atoms with E-state index in [1.54, 1.807) is 6.20 Å². The summed E-state index contributed by atoms with van der Waals surface area (Å²) in [5.41, 5.74) is 2.92. The van der Waals surface area contributed by atoms with Crippen molar-refractivity contribution in [1.82, 2.24) is 19.9 Å². The van der Waals surface area contributed by atoms with Crippen LogP contribution in [0.3, 0.4) is 0 Å². The van der Waals surface area contributed by atoms with Gasteiger partial charge >= 0.3 is 0 Å². The molecule has 2 aromatic rings. The van der Waals surface area contributed by atoms with Crippen LogP contribution >= 0.6 is 0 Å². The van der Waals surface area contributed by atoms with Crippen LogP contribution in [0.1, 0.15) is 60.5 Å². The summed E-state index contributed by atoms with van der Waals surface area (Å²) < 4.78 is 0. The first-order valence-electron chi connectivity index (χ1n) is 10.4. The van der Waals surface area contributed by atoms with Gasteiger partial charge in [0.25, 0.3) is 5.91 Å². The monoisotopic (exact) mass is 377 g/mol. The Bertz CT molecular complexity index is 912. The minimum absolute atomic E-state index is 0.137. The Hall–Kier alpha value is -2.50. The fourth-order valence-corrected chi connectivity index (χ4v) is 4.95. The molecule has 1 aliphatic carbocycles. The molecule has 6 heteroatoms. The first-order valence-corrected chi connectivity index (χ1v) is 10.4. The number of piperidine rings is 1. The average molecular weight is 377 g/mol. The number of nitrogens with zero attached hydrogens (tertiary/aromatic N) is 5. The third-order valence-corrected chi connectivity index (χ3v) is 6.28. The van der Waals surface area contributed by atoms with Crippen LogP contribution in [-0.2, 0) is 19.5 Å². The maximum absolute atomic E-state index is 13.3. The molecule has 4 heterocycles. The topological polar surface area (TPSA) is 62.2 Å². The number of hydrogen-bond acceptors (Lipinski definition) is 5. The van der Waals surface area contributed by atoms with Gasteiger partial charge in [-0.2, -0.15) is 0 Å². The molecular weight excluding hydrogens is 350 g/mol. The summed E-state index contributed by atoms with van der Waals surface area (Å²) in [6.45, 7) is 6.66. The predicted octanol–water partition coefficient (Wildman–Crippen LogP) is 3.21. The van der Waals surface area contributed by atoms with Crippen molar-refractivity contribution in [1.29, 1.82) is 0 Å². The van der Waals surface area contributed by atoms with E-state index in [0.29, 0.717) is 31.0 Å². The molecule has 0 aromatic carbocycles. The second kappa shape index (κ2) is 6.83. The molecule has 2 bridgehead atoms. The molecule has 1 amide bonds. The Morgan fingerprint density at radius 3 is 2.89 bits per heavy atom. The van der Waals surface area contributed by atoms with Crippen molar-refractivity contribution in [3.05, 3.63) is 47.2 Å². The highest BCUT2D eigenvalue weighted by atomic mass is 16.2. The zero-order valence-electron chi connectivity index (χ0n) is 16.6. The third-order valence-electron chi connectivity index (χ3n) is 6.28. The van der Waals surface area contributed by atoms with Crippen LogP contribution < -0.4 is 4.90 Å². The summed E-state index contributed by atoms with van der Waals surface area (Å²) in [7, 11) is 0. The van der Waals surface area contributed by atoms with Crippen LogP contribution in [0, 0.1) is 11.8 Å². The molecule has 0 N–H and O–H groups in total. The molecule has 2 aromatic heterocycles. The molecular formula is C22H27N5O. The van der Waals surface area contributed by atoms with Gasteiger partial charge in [-0.3, -0.25) is 4.79 Å². The van der Waals surface area contributed by atoms with E-state index < -0.39 is 0 Å². The van der Waals surface area contributed by atoms with Gasteiger partial charge in [0.15, 0.2) is 0 Å². The SMILES string of the molecule is CC(C)Cc1ncc2c(n1)CN(c1ncccc1C(=O)N1C[C@H]3CC[C@@H]1C3)C2. The number of fused-ring (bicyclic) bond motifs is 3. The molecule has 3 aliphatic rings. The lowest BCUT2D eigenvalue weighted by Crippen LogP contribution is -2.38. The van der Waals surface area contributed by atoms with Crippen LogP contribution in [0.15, 0.2) is 24.5 Å². The minimum Gasteiger partial charge on any atom is -0.346 e. The van der Waals surface area contributed by atoms with E-state index >= 15 is 0 Å². The number of aromatic nitrogens is 3. The van der Waals surface area contributed by atoms with Crippen molar-refractivity contribution >= 4 is 11.7 Å². The summed E-state index contributed by atoms with van der Waals surface area (Å²) in [4.78, 5) is 31.4. The second-order valence-corrected chi connectivity index (χ2v) is 8.88. The van der Waals surface area contributed by atoms with Gasteiger partial charge in [-0.05, 0) is 43.2 Å². The predicted molar refractivity (Wildman–Crippen MR) is 107 cm³/mol. The second-order valence-electron chi connectivity index (χ2n) is 8.88. The van der Waals surface area contributed by atoms with E-state index in [1.165, 1.54) is 12.8 Å². The number of carbonyl (C=O) groups is 1. The zero-order valence-corrected chi connectivity index (χ0v) is 16.6. The lowest BCUT2D eigenvalue weighted by molar-refractivity contribution is 0.0704. The highest BCUT2D eigenvalue weighted by Crippen LogP contribution is 2.39. The van der Waals surface area contributed by atoms with Gasteiger partial charge in [-0.1, -0.05) is 13.8 Å². The lowest BCUT2D eigenvalue weighted by Gasteiger charge is -2.28. The number of anilines is 1. The molecule has 1 saturated carbocycles. The van der Waals surface area contributed by atoms with Gasteiger partial charge in [0, 0.05) is 43.5 Å². The molecule has 28 heavy (non-hydrogen) atoms. The highest BCUT2D eigenvalue weighted by molar-refractivity contribution is 5.99. The Kier molecular flexibility index (Phi) is 4.29. The number of carbonyl (C=O) groups excluding carboxylic acids is 1. The Balaban J connectivity index is 1.39. The summed E-state index contributed by atoms with van der Waals surface area (Å²) in [6, 6.07) is 4.22. The van der Waals surface area contributed by atoms with Crippen LogP contribution in [0.25, 0.3) is 0 Å². The summed E-state index contributed by atoms with van der Waals surface area (Å²) in [6.07, 6.45) is 8.20. The summed E-state index contributed by atoms with van der Waals surface area (Å²) in [5, 5.41) is 0. The Morgan fingerprint density at radius 2 is 2.14 bits per heavy atom. The summed E-state index contributed by atoms with van der Waals surface area (Å²) in [5.74, 6) is 3.05. The zero-order chi connectivity index (χ0) is 19.3. The van der Waals surface area contributed by atoms with Crippen molar-refractivity contribution in [2.24, 2.45) is 11.8 Å². The van der Waals surface area contributed by atoms with E-state index in [4.69, 9.17) is 4.98 Å². The molecule has 0 spiro atoms. The standard InChI is InChI=1S/C22H27N5O/c1-14(2)8-20-24-10-16-12-26(13-19(16)25-20)21-18(4-3-7-23-21)22(28)27-11-15-5-6-17(27)9-15/h3-4,7,10,14-15,17H,5-6,8-9,11-13H2,1-2H3/t15-,17+/m0/s1. The van der Waals surface area contributed by atoms with Crippen LogP contribution in [0.4, 0.5) is 5.82 Å². The lowest BCUT2D eigenvalue weighted by atomic mass is 10.1. The van der Waals surface area contributed by atoms with Gasteiger partial charge in [0.05, 0.1) is 17.8 Å². The van der Waals surface area contributed by atoms with Crippen molar-refractivity contribution in [2.75, 3.05) is 11.4 Å². The molecule has 146 valence electrons. The molecule has 0 unspecified atom stereocenters. The largest absolute Gasteiger partial charge is 0.346 e. The van der Waals surface area contributed by atoms with Crippen molar-refractivity contribution in [2.45, 2.75) is 58.7 Å². The van der Waals surface area contributed by atoms with Crippen LogP contribution in [0.2, 0.25) is 0 Å². The smallest absolute Gasteiger partial charge is 0.257 e. The molecule has 0 radical (unpaired) electrons. The first kappa shape index (κ1) is 17.6. The van der Waals surface area contributed by atoms with Crippen LogP contribution in [-0.4, -0.2) is 38.3 Å². The van der Waals surface area contributed by atoms with Gasteiger partial charge < -0.3 is 9.80 Å². The molecule has 2 atom stereocenters. The Morgan fingerprint density at radius 1 is 1.25 bits per heavy atom. The molecule has 1 saturated heterocycles. The number of rotatable bonds is 4. The van der Waals surface area contributed by atoms with E-state index in [0.717, 1.165) is 47.8 Å². The first-order chi connectivity index (χ1) is 13.6. The molecule has 6 nitrogen and oxygen atoms in total.